The topological polar surface area (TPSA) is 53.9 Å². The zero-order valence-electron chi connectivity index (χ0n) is 14.7. The van der Waals surface area contributed by atoms with E-state index >= 15 is 0 Å². The average Bonchev–Trinajstić information content (AvgIpc) is 3.11. The van der Waals surface area contributed by atoms with E-state index in [1.54, 1.807) is 24.3 Å². The highest BCUT2D eigenvalue weighted by Crippen LogP contribution is 2.50. The second-order valence-electron chi connectivity index (χ2n) is 7.10. The van der Waals surface area contributed by atoms with Crippen LogP contribution in [0.25, 0.3) is 0 Å². The van der Waals surface area contributed by atoms with Crippen LogP contribution in [-0.2, 0) is 16.0 Å². The second kappa shape index (κ2) is 7.03. The molecule has 0 radical (unpaired) electrons. The Morgan fingerprint density at radius 2 is 1.59 bits per heavy atom. The van der Waals surface area contributed by atoms with Crippen molar-refractivity contribution < 1.29 is 23.1 Å². The SMILES string of the molecule is OC1(c2ccc(C3=NO[C@](c4cc(Cl)c(Cl)c(Cl)c4)(C(F)(F)F)C3)cc2)CNC1. The van der Waals surface area contributed by atoms with Crippen molar-refractivity contribution in [2.45, 2.75) is 23.8 Å². The Balaban J connectivity index is 1.67. The third-order valence-corrected chi connectivity index (χ3v) is 6.42. The van der Waals surface area contributed by atoms with Crippen LogP contribution in [0, 0.1) is 0 Å². The first kappa shape index (κ1) is 20.8. The largest absolute Gasteiger partial charge is 0.435 e. The smallest absolute Gasteiger partial charge is 0.382 e. The first-order valence-electron chi connectivity index (χ1n) is 8.57. The molecule has 2 aliphatic heterocycles. The first-order valence-corrected chi connectivity index (χ1v) is 9.70. The number of hydrogen-bond donors (Lipinski definition) is 2. The Morgan fingerprint density at radius 3 is 2.07 bits per heavy atom. The van der Waals surface area contributed by atoms with Crippen LogP contribution in [0.1, 0.15) is 23.1 Å². The minimum Gasteiger partial charge on any atom is -0.382 e. The van der Waals surface area contributed by atoms with Crippen molar-refractivity contribution in [2.24, 2.45) is 5.16 Å². The van der Waals surface area contributed by atoms with Crippen molar-refractivity contribution in [3.63, 3.8) is 0 Å². The van der Waals surface area contributed by atoms with Crippen molar-refractivity contribution in [1.82, 2.24) is 5.32 Å². The van der Waals surface area contributed by atoms with Gasteiger partial charge >= 0.3 is 6.18 Å². The maximum Gasteiger partial charge on any atom is 0.435 e. The van der Waals surface area contributed by atoms with Crippen molar-refractivity contribution >= 4 is 40.5 Å². The lowest BCUT2D eigenvalue weighted by atomic mass is 9.85. The fourth-order valence-electron chi connectivity index (χ4n) is 3.39. The lowest BCUT2D eigenvalue weighted by Crippen LogP contribution is -2.56. The number of β-amino-alcohol motifs (C(OH)–C–C–N with tert-alkyl or cyclic N) is 1. The third kappa shape index (κ3) is 3.39. The Kier molecular flexibility index (Phi) is 5.03. The number of nitrogens with one attached hydrogen (secondary N) is 1. The van der Waals surface area contributed by atoms with E-state index in [-0.39, 0.29) is 26.3 Å². The highest BCUT2D eigenvalue weighted by atomic mass is 35.5. The van der Waals surface area contributed by atoms with Crippen molar-refractivity contribution in [3.8, 4) is 0 Å². The minimum atomic E-state index is -4.79. The zero-order valence-corrected chi connectivity index (χ0v) is 16.9. The molecule has 0 amide bonds. The summed E-state index contributed by atoms with van der Waals surface area (Å²) in [4.78, 5) is 4.98. The number of rotatable bonds is 3. The second-order valence-corrected chi connectivity index (χ2v) is 8.29. The molecule has 2 aromatic rings. The van der Waals surface area contributed by atoms with Gasteiger partial charge in [0.05, 0.1) is 20.8 Å². The van der Waals surface area contributed by atoms with E-state index in [4.69, 9.17) is 39.6 Å². The monoisotopic (exact) mass is 464 g/mol. The minimum absolute atomic E-state index is 0.0347. The molecule has 0 aliphatic carbocycles. The number of alkyl halides is 3. The van der Waals surface area contributed by atoms with Crippen LogP contribution >= 0.6 is 34.8 Å². The summed E-state index contributed by atoms with van der Waals surface area (Å²) in [5, 5.41) is 16.8. The molecule has 2 heterocycles. The van der Waals surface area contributed by atoms with Gasteiger partial charge in [0, 0.05) is 25.1 Å². The molecule has 4 nitrogen and oxygen atoms in total. The molecule has 0 saturated carbocycles. The van der Waals surface area contributed by atoms with Crippen LogP contribution in [0.4, 0.5) is 13.2 Å². The van der Waals surface area contributed by atoms with Gasteiger partial charge in [-0.15, -0.1) is 0 Å². The molecule has 0 spiro atoms. The van der Waals surface area contributed by atoms with Gasteiger partial charge in [-0.3, -0.25) is 0 Å². The number of halogens is 6. The van der Waals surface area contributed by atoms with Gasteiger partial charge in [0.15, 0.2) is 0 Å². The number of benzene rings is 2. The Labute approximate surface area is 179 Å². The fraction of sp³-hybridized carbons (Fsp3) is 0.316. The highest BCUT2D eigenvalue weighted by molar-refractivity contribution is 6.48. The van der Waals surface area contributed by atoms with Gasteiger partial charge in [-0.25, -0.2) is 0 Å². The summed E-state index contributed by atoms with van der Waals surface area (Å²) in [5.74, 6) is 0. The first-order chi connectivity index (χ1) is 13.6. The van der Waals surface area contributed by atoms with Gasteiger partial charge in [-0.1, -0.05) is 64.2 Å². The molecule has 2 aliphatic rings. The van der Waals surface area contributed by atoms with E-state index in [0.29, 0.717) is 24.2 Å². The van der Waals surface area contributed by atoms with Gasteiger partial charge in [0.2, 0.25) is 0 Å². The summed E-state index contributed by atoms with van der Waals surface area (Å²) in [6, 6.07) is 8.74. The number of aliphatic hydroxyl groups is 1. The molecule has 2 aromatic carbocycles. The Bertz CT molecular complexity index is 968. The van der Waals surface area contributed by atoms with Crippen molar-refractivity contribution in [2.75, 3.05) is 13.1 Å². The van der Waals surface area contributed by atoms with Crippen LogP contribution in [0.15, 0.2) is 41.6 Å². The molecule has 10 heteroatoms. The van der Waals surface area contributed by atoms with E-state index in [2.05, 4.69) is 10.5 Å². The van der Waals surface area contributed by atoms with E-state index < -0.39 is 23.8 Å². The summed E-state index contributed by atoms with van der Waals surface area (Å²) in [7, 11) is 0. The molecule has 29 heavy (non-hydrogen) atoms. The number of hydrogen-bond acceptors (Lipinski definition) is 4. The molecular weight excluding hydrogens is 452 g/mol. The van der Waals surface area contributed by atoms with Crippen LogP contribution in [0.5, 0.6) is 0 Å². The summed E-state index contributed by atoms with van der Waals surface area (Å²) < 4.78 is 42.2. The van der Waals surface area contributed by atoms with Crippen molar-refractivity contribution in [1.29, 1.82) is 0 Å². The molecule has 2 N–H and O–H groups in total. The van der Waals surface area contributed by atoms with Gasteiger partial charge in [-0.05, 0) is 23.3 Å². The molecule has 1 atom stereocenters. The van der Waals surface area contributed by atoms with Gasteiger partial charge in [0.1, 0.15) is 5.60 Å². The maximum atomic E-state index is 14.1. The summed E-state index contributed by atoms with van der Waals surface area (Å²) in [6.45, 7) is 0.845. The van der Waals surface area contributed by atoms with Gasteiger partial charge in [0.25, 0.3) is 5.60 Å². The van der Waals surface area contributed by atoms with Crippen molar-refractivity contribution in [3.05, 3.63) is 68.2 Å². The Hall–Kier alpha value is -1.51. The standard InChI is InChI=1S/C19H14Cl3F3N2O2/c20-13-5-12(6-14(21)16(13)22)18(19(23,24)25)7-15(27-29-18)10-1-3-11(4-2-10)17(28)8-26-9-17/h1-6,26,28H,7-9H2/t18-/m1/s1. The lowest BCUT2D eigenvalue weighted by Gasteiger charge is -2.38. The highest BCUT2D eigenvalue weighted by Gasteiger charge is 2.62. The summed E-state index contributed by atoms with van der Waals surface area (Å²) >= 11 is 17.7. The molecule has 0 unspecified atom stereocenters. The van der Waals surface area contributed by atoms with E-state index in [1.807, 2.05) is 0 Å². The molecule has 1 saturated heterocycles. The quantitative estimate of drug-likeness (QED) is 0.626. The van der Waals surface area contributed by atoms with Gasteiger partial charge in [-0.2, -0.15) is 13.2 Å². The zero-order chi connectivity index (χ0) is 21.0. The molecular formula is C19H14Cl3F3N2O2. The third-order valence-electron chi connectivity index (χ3n) is 5.23. The molecule has 1 fully saturated rings. The van der Waals surface area contributed by atoms with E-state index in [1.165, 1.54) is 0 Å². The summed E-state index contributed by atoms with van der Waals surface area (Å²) in [6.07, 6.45) is -5.35. The maximum absolute atomic E-state index is 14.1. The van der Waals surface area contributed by atoms with E-state index in [9.17, 15) is 18.3 Å². The predicted octanol–water partition coefficient (Wildman–Crippen LogP) is 5.02. The van der Waals surface area contributed by atoms with Crippen LogP contribution < -0.4 is 5.32 Å². The molecule has 0 aromatic heterocycles. The van der Waals surface area contributed by atoms with Crippen LogP contribution in [0.3, 0.4) is 0 Å². The normalized spacial score (nSPS) is 23.3. The Morgan fingerprint density at radius 1 is 1.00 bits per heavy atom. The molecule has 0 bridgehead atoms. The molecule has 154 valence electrons. The number of nitrogens with zero attached hydrogens (tertiary/aromatic N) is 1. The summed E-state index contributed by atoms with van der Waals surface area (Å²) in [5.41, 5.74) is -2.71. The van der Waals surface area contributed by atoms with E-state index in [0.717, 1.165) is 12.1 Å². The van der Waals surface area contributed by atoms with Crippen LogP contribution in [-0.4, -0.2) is 30.1 Å². The average molecular weight is 466 g/mol. The number of oxime groups is 1. The lowest BCUT2D eigenvalue weighted by molar-refractivity contribution is -0.275. The fourth-order valence-corrected chi connectivity index (χ4v) is 3.98. The predicted molar refractivity (Wildman–Crippen MR) is 105 cm³/mol. The molecule has 4 rings (SSSR count). The van der Waals surface area contributed by atoms with Gasteiger partial charge < -0.3 is 15.3 Å². The van der Waals surface area contributed by atoms with Crippen LogP contribution in [0.2, 0.25) is 15.1 Å².